The molecule has 196 valence electrons. The van der Waals surface area contributed by atoms with Crippen LogP contribution in [-0.4, -0.2) is 58.3 Å². The number of hydrogen-bond donors (Lipinski definition) is 1. The molecule has 0 saturated heterocycles. The van der Waals surface area contributed by atoms with Crippen molar-refractivity contribution in [1.82, 2.24) is 24.5 Å². The summed E-state index contributed by atoms with van der Waals surface area (Å²) in [6.45, 7) is -0.270. The van der Waals surface area contributed by atoms with Crippen LogP contribution in [0.1, 0.15) is 37.8 Å². The molecule has 0 aliphatic heterocycles. The van der Waals surface area contributed by atoms with Gasteiger partial charge in [-0.15, -0.1) is 10.2 Å². The molecule has 0 aliphatic carbocycles. The lowest BCUT2D eigenvalue weighted by molar-refractivity contribution is -0.0500. The highest BCUT2D eigenvalue weighted by Crippen LogP contribution is 2.28. The molecule has 16 heteroatoms. The number of alkyl halides is 4. The van der Waals surface area contributed by atoms with E-state index in [1.54, 1.807) is 6.92 Å². The van der Waals surface area contributed by atoms with E-state index in [4.69, 9.17) is 4.42 Å². The predicted octanol–water partition coefficient (Wildman–Crippen LogP) is 4.03. The second-order valence-corrected chi connectivity index (χ2v) is 9.41. The number of nitrogens with zero attached hydrogens (tertiary/aromatic N) is 5. The largest absolute Gasteiger partial charge is 0.435 e. The number of anilines is 1. The van der Waals surface area contributed by atoms with Crippen LogP contribution in [0.15, 0.2) is 35.0 Å². The summed E-state index contributed by atoms with van der Waals surface area (Å²) >= 11 is 0. The summed E-state index contributed by atoms with van der Waals surface area (Å²) in [5.41, 5.74) is 0.0625. The lowest BCUT2D eigenvalue weighted by Crippen LogP contribution is -2.38. The zero-order valence-corrected chi connectivity index (χ0v) is 19.7. The number of aromatic nitrogens is 4. The average molecular weight is 536 g/mol. The molecule has 2 heterocycles. The van der Waals surface area contributed by atoms with Gasteiger partial charge in [0.15, 0.2) is 0 Å². The number of rotatable bonds is 12. The first-order valence-corrected chi connectivity index (χ1v) is 12.1. The summed E-state index contributed by atoms with van der Waals surface area (Å²) < 4.78 is 100. The Morgan fingerprint density at radius 1 is 1.11 bits per heavy atom. The third-order valence-corrected chi connectivity index (χ3v) is 6.82. The van der Waals surface area contributed by atoms with Crippen molar-refractivity contribution in [3.63, 3.8) is 0 Å². The number of benzene rings is 1. The average Bonchev–Trinajstić information content (AvgIpc) is 3.33. The van der Waals surface area contributed by atoms with Gasteiger partial charge >= 0.3 is 13.0 Å². The van der Waals surface area contributed by atoms with E-state index in [9.17, 15) is 30.4 Å². The third kappa shape index (κ3) is 6.63. The van der Waals surface area contributed by atoms with Crippen LogP contribution < -0.4 is 10.1 Å². The molecule has 36 heavy (non-hydrogen) atoms. The van der Waals surface area contributed by atoms with E-state index in [0.29, 0.717) is 0 Å². The van der Waals surface area contributed by atoms with Crippen LogP contribution in [0.25, 0.3) is 11.5 Å². The van der Waals surface area contributed by atoms with Gasteiger partial charge in [0.05, 0.1) is 17.4 Å². The number of sulfonamides is 1. The molecule has 0 aliphatic rings. The first-order chi connectivity index (χ1) is 17.0. The minimum absolute atomic E-state index is 0.0625. The Kier molecular flexibility index (Phi) is 8.73. The minimum Gasteiger partial charge on any atom is -0.435 e. The Hall–Kier alpha value is -3.40. The molecule has 1 aromatic carbocycles. The smallest absolute Gasteiger partial charge is 0.387 e. The van der Waals surface area contributed by atoms with Crippen LogP contribution >= 0.6 is 0 Å². The van der Waals surface area contributed by atoms with Crippen LogP contribution in [0.3, 0.4) is 0 Å². The van der Waals surface area contributed by atoms with Crippen LogP contribution in [0.2, 0.25) is 0 Å². The zero-order chi connectivity index (χ0) is 26.5. The predicted molar refractivity (Wildman–Crippen MR) is 116 cm³/mol. The van der Waals surface area contributed by atoms with Gasteiger partial charge in [-0.25, -0.2) is 22.8 Å². The van der Waals surface area contributed by atoms with Crippen molar-refractivity contribution in [3.05, 3.63) is 47.9 Å². The van der Waals surface area contributed by atoms with E-state index >= 15 is 0 Å². The Morgan fingerprint density at radius 3 is 2.33 bits per heavy atom. The topological polar surface area (TPSA) is 123 Å². The van der Waals surface area contributed by atoms with Gasteiger partial charge in [0.25, 0.3) is 11.8 Å². The SMILES string of the molecule is CCN(CC(Nc1ncc(-c2nnc(C(F)F)o2)cn1)c1ccc(OC(F)F)cc1F)S(=O)(=O)CC. The first-order valence-electron chi connectivity index (χ1n) is 10.5. The molecule has 0 amide bonds. The van der Waals surface area contributed by atoms with Crippen molar-refractivity contribution in [3.8, 4) is 17.2 Å². The quantitative estimate of drug-likeness (QED) is 0.342. The lowest BCUT2D eigenvalue weighted by atomic mass is 10.1. The number of halogens is 5. The fourth-order valence-corrected chi connectivity index (χ4v) is 4.26. The number of ether oxygens (including phenoxy) is 1. The fraction of sp³-hybridized carbons (Fsp3) is 0.400. The van der Waals surface area contributed by atoms with Crippen LogP contribution in [0, 0.1) is 5.82 Å². The molecule has 0 fully saturated rings. The number of hydrogen-bond acceptors (Lipinski definition) is 9. The van der Waals surface area contributed by atoms with Crippen LogP contribution in [0.5, 0.6) is 5.75 Å². The molecule has 0 spiro atoms. The molecular formula is C20H21F5N6O4S. The van der Waals surface area contributed by atoms with Gasteiger partial charge in [0.1, 0.15) is 11.6 Å². The molecule has 0 radical (unpaired) electrons. The maximum absolute atomic E-state index is 14.9. The van der Waals surface area contributed by atoms with E-state index in [0.717, 1.165) is 16.4 Å². The van der Waals surface area contributed by atoms with Crippen molar-refractivity contribution in [2.45, 2.75) is 32.9 Å². The second kappa shape index (κ2) is 11.6. The van der Waals surface area contributed by atoms with Crippen LogP contribution in [-0.2, 0) is 10.0 Å². The van der Waals surface area contributed by atoms with E-state index < -0.39 is 46.6 Å². The Balaban J connectivity index is 1.90. The van der Waals surface area contributed by atoms with Gasteiger partial charge in [-0.05, 0) is 13.0 Å². The fourth-order valence-electron chi connectivity index (χ4n) is 3.12. The van der Waals surface area contributed by atoms with Crippen molar-refractivity contribution < 1.29 is 39.5 Å². The first kappa shape index (κ1) is 27.2. The molecule has 2 aromatic heterocycles. The Morgan fingerprint density at radius 2 is 1.81 bits per heavy atom. The molecule has 1 N–H and O–H groups in total. The van der Waals surface area contributed by atoms with Crippen molar-refractivity contribution in [2.24, 2.45) is 0 Å². The molecule has 3 rings (SSSR count). The molecular weight excluding hydrogens is 515 g/mol. The summed E-state index contributed by atoms with van der Waals surface area (Å²) in [5.74, 6) is -2.75. The van der Waals surface area contributed by atoms with Gasteiger partial charge in [0.2, 0.25) is 16.0 Å². The summed E-state index contributed by atoms with van der Waals surface area (Å²) in [4.78, 5) is 8.05. The van der Waals surface area contributed by atoms with Crippen molar-refractivity contribution in [2.75, 3.05) is 24.2 Å². The van der Waals surface area contributed by atoms with E-state index in [1.807, 2.05) is 0 Å². The molecule has 0 saturated carbocycles. The van der Waals surface area contributed by atoms with E-state index in [-0.39, 0.29) is 41.8 Å². The van der Waals surface area contributed by atoms with E-state index in [1.165, 1.54) is 25.4 Å². The summed E-state index contributed by atoms with van der Waals surface area (Å²) in [6, 6.07) is 1.99. The van der Waals surface area contributed by atoms with Gasteiger partial charge in [-0.3, -0.25) is 0 Å². The van der Waals surface area contributed by atoms with Crippen molar-refractivity contribution >= 4 is 16.0 Å². The summed E-state index contributed by atoms with van der Waals surface area (Å²) in [6.07, 6.45) is -0.584. The van der Waals surface area contributed by atoms with Crippen LogP contribution in [0.4, 0.5) is 27.9 Å². The summed E-state index contributed by atoms with van der Waals surface area (Å²) in [5, 5.41) is 9.51. The maximum Gasteiger partial charge on any atom is 0.387 e. The standard InChI is InChI=1S/C20H21F5N6O4S/c1-3-31(36(32,33)4-2)10-15(13-6-5-12(7-14(13)21)34-19(24)25)28-20-26-8-11(9-27-20)17-29-30-18(35-17)16(22)23/h5-9,15-16,19H,3-4,10H2,1-2H3,(H,26,27,28). The number of nitrogens with one attached hydrogen (secondary N) is 1. The normalized spacial score (nSPS) is 12.9. The van der Waals surface area contributed by atoms with Gasteiger partial charge in [-0.2, -0.15) is 21.9 Å². The summed E-state index contributed by atoms with van der Waals surface area (Å²) in [7, 11) is -3.67. The molecule has 0 bridgehead atoms. The van der Waals surface area contributed by atoms with Gasteiger partial charge < -0.3 is 14.5 Å². The van der Waals surface area contributed by atoms with E-state index in [2.05, 4.69) is 30.2 Å². The highest BCUT2D eigenvalue weighted by Gasteiger charge is 2.26. The monoisotopic (exact) mass is 536 g/mol. The zero-order valence-electron chi connectivity index (χ0n) is 18.9. The Bertz CT molecular complexity index is 1260. The van der Waals surface area contributed by atoms with Gasteiger partial charge in [-0.1, -0.05) is 13.0 Å². The molecule has 3 aromatic rings. The number of likely N-dealkylation sites (N-methyl/N-ethyl adjacent to an activating group) is 1. The highest BCUT2D eigenvalue weighted by atomic mass is 32.2. The molecule has 1 unspecified atom stereocenters. The third-order valence-electron chi connectivity index (χ3n) is 4.90. The lowest BCUT2D eigenvalue weighted by Gasteiger charge is -2.27. The van der Waals surface area contributed by atoms with Crippen molar-refractivity contribution in [1.29, 1.82) is 0 Å². The molecule has 10 nitrogen and oxygen atoms in total. The molecule has 1 atom stereocenters. The second-order valence-electron chi connectivity index (χ2n) is 7.15. The minimum atomic E-state index is -3.67. The Labute approximate surface area is 202 Å². The maximum atomic E-state index is 14.9. The highest BCUT2D eigenvalue weighted by molar-refractivity contribution is 7.89. The van der Waals surface area contributed by atoms with Gasteiger partial charge in [0, 0.05) is 37.1 Å².